The van der Waals surface area contributed by atoms with E-state index in [0.29, 0.717) is 25.3 Å². The number of rotatable bonds is 4. The Hall–Kier alpha value is -1.06. The predicted molar refractivity (Wildman–Crippen MR) is 56.2 cm³/mol. The highest BCUT2D eigenvalue weighted by Crippen LogP contribution is 2.48. The van der Waals surface area contributed by atoms with E-state index >= 15 is 0 Å². The maximum Gasteiger partial charge on any atom is 0.321 e. The molecule has 1 amide bonds. The zero-order valence-corrected chi connectivity index (χ0v) is 9.87. The lowest BCUT2D eigenvalue weighted by atomic mass is 10.1. The molecule has 1 saturated carbocycles. The van der Waals surface area contributed by atoms with Crippen molar-refractivity contribution >= 4 is 11.9 Å². The number of carbonyl (C=O) groups excluding carboxylic acids is 2. The van der Waals surface area contributed by atoms with E-state index in [0.717, 1.165) is 0 Å². The first kappa shape index (κ1) is 12.0. The quantitative estimate of drug-likeness (QED) is 0.518. The lowest BCUT2D eigenvalue weighted by Gasteiger charge is -2.23. The molecule has 0 aromatic rings. The second-order valence-electron chi connectivity index (χ2n) is 4.65. The highest BCUT2D eigenvalue weighted by Gasteiger charge is 2.58. The Kier molecular flexibility index (Phi) is 3.37. The van der Waals surface area contributed by atoms with Crippen molar-refractivity contribution in [3.63, 3.8) is 0 Å². The van der Waals surface area contributed by atoms with E-state index < -0.39 is 5.41 Å². The topological polar surface area (TPSA) is 46.6 Å². The molecule has 0 atom stereocenters. The first-order valence-corrected chi connectivity index (χ1v) is 5.28. The molecule has 4 heteroatoms. The monoisotopic (exact) mass is 213 g/mol. The number of carbonyl (C=O) groups is 2. The lowest BCUT2D eigenvalue weighted by molar-refractivity contribution is -0.155. The summed E-state index contributed by atoms with van der Waals surface area (Å²) in [5, 5.41) is 0. The van der Waals surface area contributed by atoms with Crippen LogP contribution in [0.2, 0.25) is 0 Å². The molecule has 0 radical (unpaired) electrons. The molecular formula is C11H19NO3. The smallest absolute Gasteiger partial charge is 0.321 e. The number of ether oxygens (including phenoxy) is 1. The SMILES string of the molecule is COC(=O)C1(C(=O)N(C)CC(C)C)CC1. The molecule has 15 heavy (non-hydrogen) atoms. The summed E-state index contributed by atoms with van der Waals surface area (Å²) >= 11 is 0. The van der Waals surface area contributed by atoms with Crippen molar-refractivity contribution in [1.82, 2.24) is 4.90 Å². The Morgan fingerprint density at radius 1 is 1.40 bits per heavy atom. The second-order valence-corrected chi connectivity index (χ2v) is 4.65. The molecule has 0 unspecified atom stereocenters. The molecule has 0 heterocycles. The highest BCUT2D eigenvalue weighted by molar-refractivity contribution is 6.05. The van der Waals surface area contributed by atoms with E-state index in [9.17, 15) is 9.59 Å². The van der Waals surface area contributed by atoms with Gasteiger partial charge in [0.05, 0.1) is 7.11 Å². The van der Waals surface area contributed by atoms with Crippen LogP contribution in [0.25, 0.3) is 0 Å². The van der Waals surface area contributed by atoms with Gasteiger partial charge in [0.15, 0.2) is 0 Å². The van der Waals surface area contributed by atoms with Crippen molar-refractivity contribution in [2.75, 3.05) is 20.7 Å². The van der Waals surface area contributed by atoms with Crippen LogP contribution >= 0.6 is 0 Å². The third-order valence-electron chi connectivity index (χ3n) is 2.72. The van der Waals surface area contributed by atoms with Crippen LogP contribution in [0.15, 0.2) is 0 Å². The van der Waals surface area contributed by atoms with Gasteiger partial charge in [-0.1, -0.05) is 13.8 Å². The Balaban J connectivity index is 2.64. The van der Waals surface area contributed by atoms with Crippen LogP contribution in [0, 0.1) is 11.3 Å². The van der Waals surface area contributed by atoms with Crippen molar-refractivity contribution in [2.24, 2.45) is 11.3 Å². The molecule has 1 rings (SSSR count). The van der Waals surface area contributed by atoms with Gasteiger partial charge in [-0.25, -0.2) is 0 Å². The average Bonchev–Trinajstić information content (AvgIpc) is 2.95. The summed E-state index contributed by atoms with van der Waals surface area (Å²) in [6, 6.07) is 0. The minimum Gasteiger partial charge on any atom is -0.468 e. The molecule has 86 valence electrons. The van der Waals surface area contributed by atoms with Gasteiger partial charge < -0.3 is 9.64 Å². The van der Waals surface area contributed by atoms with Gasteiger partial charge in [-0.15, -0.1) is 0 Å². The Morgan fingerprint density at radius 2 is 1.93 bits per heavy atom. The number of nitrogens with zero attached hydrogens (tertiary/aromatic N) is 1. The van der Waals surface area contributed by atoms with Crippen LogP contribution in [0.5, 0.6) is 0 Å². The maximum atomic E-state index is 12.0. The Labute approximate surface area is 90.6 Å². The van der Waals surface area contributed by atoms with E-state index in [1.54, 1.807) is 11.9 Å². The van der Waals surface area contributed by atoms with E-state index in [1.165, 1.54) is 7.11 Å². The average molecular weight is 213 g/mol. The predicted octanol–water partition coefficient (Wildman–Crippen LogP) is 1.05. The van der Waals surface area contributed by atoms with Crippen molar-refractivity contribution < 1.29 is 14.3 Å². The molecule has 0 N–H and O–H groups in total. The van der Waals surface area contributed by atoms with E-state index in [1.807, 2.05) is 13.8 Å². The van der Waals surface area contributed by atoms with Crippen LogP contribution in [0.4, 0.5) is 0 Å². The number of amides is 1. The van der Waals surface area contributed by atoms with Gasteiger partial charge in [0, 0.05) is 13.6 Å². The van der Waals surface area contributed by atoms with Crippen LogP contribution in [0.1, 0.15) is 26.7 Å². The zero-order valence-electron chi connectivity index (χ0n) is 9.87. The Morgan fingerprint density at radius 3 is 2.27 bits per heavy atom. The van der Waals surface area contributed by atoms with Gasteiger partial charge in [-0.3, -0.25) is 9.59 Å². The van der Waals surface area contributed by atoms with E-state index in [4.69, 9.17) is 0 Å². The third-order valence-corrected chi connectivity index (χ3v) is 2.72. The van der Waals surface area contributed by atoms with Gasteiger partial charge in [-0.05, 0) is 18.8 Å². The summed E-state index contributed by atoms with van der Waals surface area (Å²) in [6.07, 6.45) is 1.25. The number of hydrogen-bond acceptors (Lipinski definition) is 3. The van der Waals surface area contributed by atoms with Gasteiger partial charge >= 0.3 is 5.97 Å². The first-order chi connectivity index (χ1) is 6.94. The van der Waals surface area contributed by atoms with Crippen LogP contribution in [-0.4, -0.2) is 37.5 Å². The normalized spacial score (nSPS) is 17.4. The fourth-order valence-corrected chi connectivity index (χ4v) is 1.82. The van der Waals surface area contributed by atoms with Crippen molar-refractivity contribution in [3.8, 4) is 0 Å². The lowest BCUT2D eigenvalue weighted by Crippen LogP contribution is -2.40. The highest BCUT2D eigenvalue weighted by atomic mass is 16.5. The summed E-state index contributed by atoms with van der Waals surface area (Å²) in [6.45, 7) is 4.76. The van der Waals surface area contributed by atoms with Gasteiger partial charge in [0.25, 0.3) is 0 Å². The molecule has 0 spiro atoms. The molecular weight excluding hydrogens is 194 g/mol. The van der Waals surface area contributed by atoms with Gasteiger partial charge in [0.1, 0.15) is 5.41 Å². The summed E-state index contributed by atoms with van der Waals surface area (Å²) < 4.78 is 4.67. The number of esters is 1. The van der Waals surface area contributed by atoms with Crippen LogP contribution in [-0.2, 0) is 14.3 Å². The van der Waals surface area contributed by atoms with Crippen LogP contribution in [0.3, 0.4) is 0 Å². The molecule has 0 aromatic carbocycles. The van der Waals surface area contributed by atoms with Gasteiger partial charge in [-0.2, -0.15) is 0 Å². The largest absolute Gasteiger partial charge is 0.468 e. The fourth-order valence-electron chi connectivity index (χ4n) is 1.82. The zero-order chi connectivity index (χ0) is 11.6. The van der Waals surface area contributed by atoms with Crippen LogP contribution < -0.4 is 0 Å². The molecule has 0 aliphatic heterocycles. The van der Waals surface area contributed by atoms with E-state index in [2.05, 4.69) is 4.74 Å². The van der Waals surface area contributed by atoms with Crippen molar-refractivity contribution in [3.05, 3.63) is 0 Å². The molecule has 1 aliphatic carbocycles. The molecule has 0 aromatic heterocycles. The standard InChI is InChI=1S/C11H19NO3/c1-8(2)7-12(3)9(13)11(5-6-11)10(14)15-4/h8H,5-7H2,1-4H3. The summed E-state index contributed by atoms with van der Waals surface area (Å²) in [5.41, 5.74) is -0.849. The second kappa shape index (κ2) is 4.21. The third kappa shape index (κ3) is 2.30. The minimum atomic E-state index is -0.849. The maximum absolute atomic E-state index is 12.0. The molecule has 4 nitrogen and oxygen atoms in total. The molecule has 1 fully saturated rings. The van der Waals surface area contributed by atoms with Gasteiger partial charge in [0.2, 0.25) is 5.91 Å². The minimum absolute atomic E-state index is 0.0944. The van der Waals surface area contributed by atoms with E-state index in [-0.39, 0.29) is 11.9 Å². The number of hydrogen-bond donors (Lipinski definition) is 0. The van der Waals surface area contributed by atoms with Crippen molar-refractivity contribution in [1.29, 1.82) is 0 Å². The number of methoxy groups -OCH3 is 1. The Bertz CT molecular complexity index is 269. The molecule has 0 bridgehead atoms. The summed E-state index contributed by atoms with van der Waals surface area (Å²) in [7, 11) is 3.07. The fraction of sp³-hybridized carbons (Fsp3) is 0.818. The molecule has 0 saturated heterocycles. The summed E-state index contributed by atoms with van der Waals surface area (Å²) in [5.74, 6) is -0.0708. The first-order valence-electron chi connectivity index (χ1n) is 5.28. The molecule has 1 aliphatic rings. The summed E-state index contributed by atoms with van der Waals surface area (Å²) in [4.78, 5) is 25.1. The van der Waals surface area contributed by atoms with Crippen molar-refractivity contribution in [2.45, 2.75) is 26.7 Å².